The summed E-state index contributed by atoms with van der Waals surface area (Å²) in [7, 11) is 0. The first-order valence-corrected chi connectivity index (χ1v) is 8.62. The summed E-state index contributed by atoms with van der Waals surface area (Å²) in [6.45, 7) is 1.30. The van der Waals surface area contributed by atoms with Gasteiger partial charge in [0.1, 0.15) is 11.9 Å². The summed E-state index contributed by atoms with van der Waals surface area (Å²) in [5, 5.41) is 4.71. The third kappa shape index (κ3) is 2.59. The predicted octanol–water partition coefficient (Wildman–Crippen LogP) is 4.33. The molecule has 0 fully saturated rings. The number of hydrogen-bond donors (Lipinski definition) is 1. The van der Waals surface area contributed by atoms with Crippen molar-refractivity contribution in [2.75, 3.05) is 11.9 Å². The molecular weight excluding hydrogens is 325 g/mol. The summed E-state index contributed by atoms with van der Waals surface area (Å²) >= 11 is 1.62. The molecule has 24 heavy (non-hydrogen) atoms. The van der Waals surface area contributed by atoms with Crippen molar-refractivity contribution in [1.82, 2.24) is 9.47 Å². The third-order valence-corrected chi connectivity index (χ3v) is 5.15. The number of hydrogen-bond acceptors (Lipinski definition) is 2. The van der Waals surface area contributed by atoms with Crippen LogP contribution in [0.3, 0.4) is 0 Å². The third-order valence-electron chi connectivity index (χ3n) is 4.23. The molecule has 2 aromatic heterocycles. The van der Waals surface area contributed by atoms with Crippen LogP contribution in [0.5, 0.6) is 0 Å². The average Bonchev–Trinajstić information content (AvgIpc) is 3.27. The Morgan fingerprint density at radius 2 is 2.00 bits per heavy atom. The molecule has 1 aliphatic rings. The fraction of sp³-hybridized carbons (Fsp3) is 0.167. The first-order valence-electron chi connectivity index (χ1n) is 7.74. The van der Waals surface area contributed by atoms with Gasteiger partial charge in [0.05, 0.1) is 5.69 Å². The van der Waals surface area contributed by atoms with Crippen LogP contribution in [-0.4, -0.2) is 22.0 Å². The van der Waals surface area contributed by atoms with Crippen LogP contribution in [0.4, 0.5) is 14.9 Å². The number of rotatable bonds is 2. The van der Waals surface area contributed by atoms with Crippen molar-refractivity contribution in [2.45, 2.75) is 12.6 Å². The Hall–Kier alpha value is -2.60. The number of thiophene rings is 1. The number of fused-ring (bicyclic) bond motifs is 1. The lowest BCUT2D eigenvalue weighted by molar-refractivity contribution is 0.183. The standard InChI is InChI=1S/C18H16FN3OS/c19-13-5-1-2-6-14(13)20-18(23)22-11-10-21-9-3-7-15(21)17(22)16-8-4-12-24-16/h1-9,12,17H,10-11H2,(H,20,23). The zero-order valence-corrected chi connectivity index (χ0v) is 13.7. The van der Waals surface area contributed by atoms with Gasteiger partial charge in [0.2, 0.25) is 0 Å². The van der Waals surface area contributed by atoms with Gasteiger partial charge < -0.3 is 14.8 Å². The molecule has 0 aliphatic carbocycles. The second-order valence-corrected chi connectivity index (χ2v) is 6.63. The lowest BCUT2D eigenvalue weighted by Gasteiger charge is -2.36. The van der Waals surface area contributed by atoms with E-state index in [0.717, 1.165) is 17.1 Å². The number of para-hydroxylation sites is 1. The summed E-state index contributed by atoms with van der Waals surface area (Å²) in [6, 6.07) is 13.8. The number of carbonyl (C=O) groups excluding carboxylic acids is 1. The average molecular weight is 341 g/mol. The molecule has 0 radical (unpaired) electrons. The summed E-state index contributed by atoms with van der Waals surface area (Å²) < 4.78 is 16.0. The van der Waals surface area contributed by atoms with Gasteiger partial charge in [-0.2, -0.15) is 0 Å². The van der Waals surface area contributed by atoms with Crippen LogP contribution in [0.1, 0.15) is 16.6 Å². The smallest absolute Gasteiger partial charge is 0.322 e. The Kier molecular flexibility index (Phi) is 3.82. The number of amides is 2. The Morgan fingerprint density at radius 3 is 2.79 bits per heavy atom. The zero-order valence-electron chi connectivity index (χ0n) is 12.9. The van der Waals surface area contributed by atoms with E-state index in [0.29, 0.717) is 6.54 Å². The normalized spacial score (nSPS) is 16.7. The molecular formula is C18H16FN3OS. The summed E-state index contributed by atoms with van der Waals surface area (Å²) in [5.74, 6) is -0.432. The highest BCUT2D eigenvalue weighted by molar-refractivity contribution is 7.10. The number of nitrogens with one attached hydrogen (secondary N) is 1. The van der Waals surface area contributed by atoms with E-state index in [-0.39, 0.29) is 17.8 Å². The quantitative estimate of drug-likeness (QED) is 0.740. The first-order chi connectivity index (χ1) is 11.7. The largest absolute Gasteiger partial charge is 0.347 e. The topological polar surface area (TPSA) is 37.3 Å². The van der Waals surface area contributed by atoms with Crippen molar-refractivity contribution in [3.8, 4) is 0 Å². The molecule has 0 bridgehead atoms. The highest BCUT2D eigenvalue weighted by atomic mass is 32.1. The monoisotopic (exact) mass is 341 g/mol. The van der Waals surface area contributed by atoms with Crippen LogP contribution in [0, 0.1) is 5.82 Å². The van der Waals surface area contributed by atoms with Gasteiger partial charge in [0, 0.05) is 29.9 Å². The summed E-state index contributed by atoms with van der Waals surface area (Å²) in [4.78, 5) is 15.7. The van der Waals surface area contributed by atoms with Crippen LogP contribution < -0.4 is 5.32 Å². The zero-order chi connectivity index (χ0) is 16.5. The van der Waals surface area contributed by atoms with Gasteiger partial charge in [-0.1, -0.05) is 18.2 Å². The second-order valence-electron chi connectivity index (χ2n) is 5.65. The molecule has 1 aliphatic heterocycles. The maximum absolute atomic E-state index is 13.8. The molecule has 1 unspecified atom stereocenters. The number of anilines is 1. The fourth-order valence-electron chi connectivity index (χ4n) is 3.10. The van der Waals surface area contributed by atoms with Crippen LogP contribution in [-0.2, 0) is 6.54 Å². The molecule has 122 valence electrons. The lowest BCUT2D eigenvalue weighted by Crippen LogP contribution is -2.44. The molecule has 6 heteroatoms. The van der Waals surface area contributed by atoms with Crippen molar-refractivity contribution in [3.05, 3.63) is 76.5 Å². The highest BCUT2D eigenvalue weighted by Crippen LogP contribution is 2.35. The molecule has 0 saturated carbocycles. The van der Waals surface area contributed by atoms with Gasteiger partial charge in [0.25, 0.3) is 0 Å². The molecule has 4 nitrogen and oxygen atoms in total. The van der Waals surface area contributed by atoms with Gasteiger partial charge in [-0.3, -0.25) is 0 Å². The van der Waals surface area contributed by atoms with E-state index in [9.17, 15) is 9.18 Å². The minimum absolute atomic E-state index is 0.152. The Balaban J connectivity index is 1.66. The van der Waals surface area contributed by atoms with Crippen LogP contribution in [0.25, 0.3) is 0 Å². The maximum Gasteiger partial charge on any atom is 0.322 e. The minimum Gasteiger partial charge on any atom is -0.347 e. The molecule has 2 amide bonds. The van der Waals surface area contributed by atoms with E-state index in [1.165, 1.54) is 6.07 Å². The predicted molar refractivity (Wildman–Crippen MR) is 92.7 cm³/mol. The van der Waals surface area contributed by atoms with Crippen molar-refractivity contribution < 1.29 is 9.18 Å². The number of benzene rings is 1. The van der Waals surface area contributed by atoms with E-state index >= 15 is 0 Å². The molecule has 1 N–H and O–H groups in total. The highest BCUT2D eigenvalue weighted by Gasteiger charge is 2.33. The molecule has 1 aromatic carbocycles. The van der Waals surface area contributed by atoms with Crippen molar-refractivity contribution in [3.63, 3.8) is 0 Å². The van der Waals surface area contributed by atoms with Crippen molar-refractivity contribution in [2.24, 2.45) is 0 Å². The number of carbonyl (C=O) groups is 1. The van der Waals surface area contributed by atoms with Gasteiger partial charge in [-0.25, -0.2) is 9.18 Å². The number of nitrogens with zero attached hydrogens (tertiary/aromatic N) is 2. The van der Waals surface area contributed by atoms with E-state index in [1.54, 1.807) is 34.4 Å². The maximum atomic E-state index is 13.8. The number of aromatic nitrogens is 1. The minimum atomic E-state index is -0.432. The van der Waals surface area contributed by atoms with Crippen LogP contribution in [0.15, 0.2) is 60.1 Å². The molecule has 0 spiro atoms. The molecule has 3 heterocycles. The van der Waals surface area contributed by atoms with E-state index < -0.39 is 5.82 Å². The van der Waals surface area contributed by atoms with E-state index in [2.05, 4.69) is 9.88 Å². The van der Waals surface area contributed by atoms with Crippen molar-refractivity contribution in [1.29, 1.82) is 0 Å². The first kappa shape index (κ1) is 15.0. The Bertz CT molecular complexity index is 859. The van der Waals surface area contributed by atoms with E-state index in [1.807, 2.05) is 35.8 Å². The van der Waals surface area contributed by atoms with Crippen LogP contribution >= 0.6 is 11.3 Å². The number of halogens is 1. The molecule has 4 rings (SSSR count). The van der Waals surface area contributed by atoms with Crippen LogP contribution in [0.2, 0.25) is 0 Å². The van der Waals surface area contributed by atoms with E-state index in [4.69, 9.17) is 0 Å². The summed E-state index contributed by atoms with van der Waals surface area (Å²) in [6.07, 6.45) is 2.03. The fourth-order valence-corrected chi connectivity index (χ4v) is 3.95. The van der Waals surface area contributed by atoms with Crippen molar-refractivity contribution >= 4 is 23.1 Å². The molecule has 3 aromatic rings. The van der Waals surface area contributed by atoms with Gasteiger partial charge in [-0.05, 0) is 35.7 Å². The molecule has 0 saturated heterocycles. The molecule has 1 atom stereocenters. The lowest BCUT2D eigenvalue weighted by atomic mass is 10.1. The van der Waals surface area contributed by atoms with Gasteiger partial charge in [-0.15, -0.1) is 11.3 Å². The second kappa shape index (κ2) is 6.13. The number of urea groups is 1. The van der Waals surface area contributed by atoms with Gasteiger partial charge >= 0.3 is 6.03 Å². The SMILES string of the molecule is O=C(Nc1ccccc1F)N1CCn2cccc2C1c1cccs1. The Labute approximate surface area is 143 Å². The Morgan fingerprint density at radius 1 is 1.12 bits per heavy atom. The van der Waals surface area contributed by atoms with Gasteiger partial charge in [0.15, 0.2) is 0 Å². The summed E-state index contributed by atoms with van der Waals surface area (Å²) in [5.41, 5.74) is 1.28.